The Balaban J connectivity index is 1.51. The van der Waals surface area contributed by atoms with E-state index < -0.39 is 6.09 Å². The minimum atomic E-state index is -0.446. The third-order valence-electron chi connectivity index (χ3n) is 4.92. The summed E-state index contributed by atoms with van der Waals surface area (Å²) in [5, 5.41) is 11.9. The van der Waals surface area contributed by atoms with Gasteiger partial charge in [0.2, 0.25) is 0 Å². The van der Waals surface area contributed by atoms with Crippen LogP contribution < -0.4 is 4.90 Å². The van der Waals surface area contributed by atoms with Gasteiger partial charge in [-0.05, 0) is 12.1 Å². The Morgan fingerprint density at radius 2 is 2.22 bits per heavy atom. The number of carbonyl (C=O) groups is 1. The second-order valence-electron chi connectivity index (χ2n) is 6.68. The van der Waals surface area contributed by atoms with Crippen LogP contribution in [0.5, 0.6) is 0 Å². The summed E-state index contributed by atoms with van der Waals surface area (Å²) in [5.74, 6) is 0.936. The fourth-order valence-corrected chi connectivity index (χ4v) is 3.48. The maximum Gasteiger partial charge on any atom is 0.410 e. The van der Waals surface area contributed by atoms with Gasteiger partial charge in [-0.2, -0.15) is 5.26 Å². The molecule has 1 amide bonds. The summed E-state index contributed by atoms with van der Waals surface area (Å²) < 4.78 is 5.51. The lowest BCUT2D eigenvalue weighted by molar-refractivity contribution is 0.0601. The minimum Gasteiger partial charge on any atom is -0.446 e. The summed E-state index contributed by atoms with van der Waals surface area (Å²) in [5.41, 5.74) is 0.848. The van der Waals surface area contributed by atoms with E-state index in [9.17, 15) is 4.79 Å². The molecule has 0 atom stereocenters. The summed E-state index contributed by atoms with van der Waals surface area (Å²) in [6, 6.07) is 5.94. The number of pyridine rings is 2. The van der Waals surface area contributed by atoms with Gasteiger partial charge in [-0.25, -0.2) is 14.8 Å². The van der Waals surface area contributed by atoms with Gasteiger partial charge in [-0.1, -0.05) is 0 Å². The normalized spacial score (nSPS) is 15.0. The molecular formula is C19H20N6O2. The Bertz CT molecular complexity index is 1020. The van der Waals surface area contributed by atoms with Gasteiger partial charge >= 0.3 is 6.09 Å². The van der Waals surface area contributed by atoms with Crippen molar-refractivity contribution >= 4 is 33.7 Å². The summed E-state index contributed by atoms with van der Waals surface area (Å²) in [7, 11) is 1.57. The summed E-state index contributed by atoms with van der Waals surface area (Å²) in [6.45, 7) is 1.53. The average molecular weight is 364 g/mol. The van der Waals surface area contributed by atoms with Gasteiger partial charge in [0, 0.05) is 67.7 Å². The third kappa shape index (κ3) is 3.24. The first kappa shape index (κ1) is 17.1. The molecule has 4 heterocycles. The number of hydrogen-bond acceptors (Lipinski definition) is 6. The molecule has 0 spiro atoms. The van der Waals surface area contributed by atoms with Crippen molar-refractivity contribution in [1.82, 2.24) is 19.9 Å². The maximum atomic E-state index is 12.0. The van der Waals surface area contributed by atoms with Crippen LogP contribution in [-0.2, 0) is 4.74 Å². The molecule has 1 N–H and O–H groups in total. The Hall–Kier alpha value is -3.34. The molecule has 0 bridgehead atoms. The van der Waals surface area contributed by atoms with E-state index in [1.165, 1.54) is 4.90 Å². The lowest BCUT2D eigenvalue weighted by atomic mass is 10.1. The summed E-state index contributed by atoms with van der Waals surface area (Å²) in [4.78, 5) is 27.7. The first-order chi connectivity index (χ1) is 13.2. The molecule has 1 aliphatic heterocycles. The maximum absolute atomic E-state index is 12.0. The van der Waals surface area contributed by atoms with E-state index in [-0.39, 0.29) is 12.6 Å². The molecule has 1 aliphatic rings. The SMILES string of the molecule is CN(CC#N)C(=O)OC1CCN(c2nccc3cnc4[nH]ccc4c23)CC1. The highest BCUT2D eigenvalue weighted by molar-refractivity contribution is 6.10. The predicted octanol–water partition coefficient (Wildman–Crippen LogP) is 2.67. The number of anilines is 1. The Kier molecular flexibility index (Phi) is 4.50. The van der Waals surface area contributed by atoms with E-state index >= 15 is 0 Å². The van der Waals surface area contributed by atoms with Crippen molar-refractivity contribution < 1.29 is 9.53 Å². The molecule has 1 saturated heterocycles. The van der Waals surface area contributed by atoms with Crippen molar-refractivity contribution in [2.45, 2.75) is 18.9 Å². The summed E-state index contributed by atoms with van der Waals surface area (Å²) in [6.07, 6.45) is 6.42. The number of H-pyrrole nitrogens is 1. The predicted molar refractivity (Wildman–Crippen MR) is 101 cm³/mol. The topological polar surface area (TPSA) is 98.1 Å². The number of rotatable bonds is 3. The van der Waals surface area contributed by atoms with E-state index in [0.29, 0.717) is 0 Å². The van der Waals surface area contributed by atoms with Crippen molar-refractivity contribution in [3.05, 3.63) is 30.7 Å². The number of nitrogens with one attached hydrogen (secondary N) is 1. The van der Waals surface area contributed by atoms with Crippen molar-refractivity contribution in [1.29, 1.82) is 5.26 Å². The molecule has 3 aromatic heterocycles. The molecule has 0 unspecified atom stereocenters. The number of ether oxygens (including phenoxy) is 1. The molecule has 8 nitrogen and oxygen atoms in total. The van der Waals surface area contributed by atoms with Crippen LogP contribution in [-0.4, -0.2) is 58.7 Å². The number of hydrogen-bond donors (Lipinski definition) is 1. The third-order valence-corrected chi connectivity index (χ3v) is 4.92. The number of amides is 1. The zero-order chi connectivity index (χ0) is 18.8. The Morgan fingerprint density at radius 3 is 3.00 bits per heavy atom. The zero-order valence-corrected chi connectivity index (χ0v) is 15.1. The minimum absolute atomic E-state index is 0.0261. The molecule has 27 heavy (non-hydrogen) atoms. The lowest BCUT2D eigenvalue weighted by Crippen LogP contribution is -2.40. The second kappa shape index (κ2) is 7.11. The highest BCUT2D eigenvalue weighted by Crippen LogP contribution is 2.32. The van der Waals surface area contributed by atoms with E-state index in [1.54, 1.807) is 13.2 Å². The van der Waals surface area contributed by atoms with E-state index in [2.05, 4.69) is 19.9 Å². The molecule has 0 radical (unpaired) electrons. The first-order valence-electron chi connectivity index (χ1n) is 8.92. The fourth-order valence-electron chi connectivity index (χ4n) is 3.48. The van der Waals surface area contributed by atoms with Crippen LogP contribution in [0, 0.1) is 11.3 Å². The molecule has 0 aliphatic carbocycles. The molecular weight excluding hydrogens is 344 g/mol. The molecule has 8 heteroatoms. The Morgan fingerprint density at radius 1 is 1.41 bits per heavy atom. The van der Waals surface area contributed by atoms with Crippen molar-refractivity contribution in [3.8, 4) is 6.07 Å². The fraction of sp³-hybridized carbons (Fsp3) is 0.368. The molecule has 0 saturated carbocycles. The van der Waals surface area contributed by atoms with Gasteiger partial charge in [0.25, 0.3) is 0 Å². The average Bonchev–Trinajstić information content (AvgIpc) is 3.17. The van der Waals surface area contributed by atoms with Crippen LogP contribution in [0.2, 0.25) is 0 Å². The van der Waals surface area contributed by atoms with Gasteiger partial charge in [0.05, 0.1) is 6.07 Å². The van der Waals surface area contributed by atoms with Crippen LogP contribution in [0.1, 0.15) is 12.8 Å². The number of carbonyl (C=O) groups excluding carboxylic acids is 1. The van der Waals surface area contributed by atoms with Gasteiger partial charge in [0.15, 0.2) is 0 Å². The number of nitriles is 1. The number of piperidine rings is 1. The number of nitrogens with zero attached hydrogens (tertiary/aromatic N) is 5. The molecule has 138 valence electrons. The van der Waals surface area contributed by atoms with Crippen molar-refractivity contribution in [2.24, 2.45) is 0 Å². The monoisotopic (exact) mass is 364 g/mol. The van der Waals surface area contributed by atoms with E-state index in [0.717, 1.165) is 53.6 Å². The van der Waals surface area contributed by atoms with Gasteiger partial charge < -0.3 is 14.6 Å². The standard InChI is InChI=1S/C19H20N6O2/c1-24(11-6-20)19(26)27-14-4-9-25(10-5-14)18-16-13(2-7-22-18)12-23-17-15(16)3-8-21-17/h2-3,7-8,12,14H,4-5,9-11H2,1H3,(H,21,23). The lowest BCUT2D eigenvalue weighted by Gasteiger charge is -2.33. The summed E-state index contributed by atoms with van der Waals surface area (Å²) >= 11 is 0. The van der Waals surface area contributed by atoms with Gasteiger partial charge in [0.1, 0.15) is 24.1 Å². The smallest absolute Gasteiger partial charge is 0.410 e. The highest BCUT2D eigenvalue weighted by atomic mass is 16.6. The molecule has 1 fully saturated rings. The van der Waals surface area contributed by atoms with Gasteiger partial charge in [-0.15, -0.1) is 0 Å². The second-order valence-corrected chi connectivity index (χ2v) is 6.68. The van der Waals surface area contributed by atoms with E-state index in [1.807, 2.05) is 30.6 Å². The van der Waals surface area contributed by atoms with Crippen LogP contribution in [0.3, 0.4) is 0 Å². The molecule has 0 aromatic carbocycles. The van der Waals surface area contributed by atoms with Crippen molar-refractivity contribution in [2.75, 3.05) is 31.6 Å². The molecule has 4 rings (SSSR count). The number of aromatic amines is 1. The van der Waals surface area contributed by atoms with Crippen LogP contribution in [0.4, 0.5) is 10.6 Å². The largest absolute Gasteiger partial charge is 0.446 e. The number of fused-ring (bicyclic) bond motifs is 3. The zero-order valence-electron chi connectivity index (χ0n) is 15.1. The highest BCUT2D eigenvalue weighted by Gasteiger charge is 2.25. The van der Waals surface area contributed by atoms with Crippen molar-refractivity contribution in [3.63, 3.8) is 0 Å². The first-order valence-corrected chi connectivity index (χ1v) is 8.92. The van der Waals surface area contributed by atoms with Gasteiger partial charge in [-0.3, -0.25) is 4.90 Å². The van der Waals surface area contributed by atoms with Crippen LogP contribution in [0.15, 0.2) is 30.7 Å². The number of aromatic nitrogens is 3. The van der Waals surface area contributed by atoms with E-state index in [4.69, 9.17) is 10.00 Å². The van der Waals surface area contributed by atoms with Crippen LogP contribution in [0.25, 0.3) is 21.8 Å². The Labute approximate surface area is 156 Å². The molecule has 3 aromatic rings. The quantitative estimate of drug-likeness (QED) is 0.718. The van der Waals surface area contributed by atoms with Crippen LogP contribution >= 0.6 is 0 Å².